The van der Waals surface area contributed by atoms with E-state index in [2.05, 4.69) is 16.0 Å². The number of aryl methyl sites for hydroxylation is 2. The number of hydrogen-bond acceptors (Lipinski definition) is 3. The van der Waals surface area contributed by atoms with E-state index in [-0.39, 0.29) is 29.6 Å². The highest BCUT2D eigenvalue weighted by Gasteiger charge is 2.13. The predicted molar refractivity (Wildman–Crippen MR) is 106 cm³/mol. The Morgan fingerprint density at radius 1 is 0.889 bits per heavy atom. The molecule has 0 bridgehead atoms. The minimum atomic E-state index is -0.508. The summed E-state index contributed by atoms with van der Waals surface area (Å²) in [5.41, 5.74) is 2.92. The van der Waals surface area contributed by atoms with Crippen LogP contribution in [0, 0.1) is 13.8 Å². The van der Waals surface area contributed by atoms with Crippen LogP contribution in [0.25, 0.3) is 0 Å². The van der Waals surface area contributed by atoms with Crippen molar-refractivity contribution in [3.63, 3.8) is 0 Å². The highest BCUT2D eigenvalue weighted by molar-refractivity contribution is 6.36. The summed E-state index contributed by atoms with van der Waals surface area (Å²) < 4.78 is 0. The molecule has 0 unspecified atom stereocenters. The zero-order valence-electron chi connectivity index (χ0n) is 14.9. The van der Waals surface area contributed by atoms with Crippen molar-refractivity contribution in [2.24, 2.45) is 0 Å². The first-order valence-corrected chi connectivity index (χ1v) is 8.89. The molecule has 3 amide bonds. The van der Waals surface area contributed by atoms with Gasteiger partial charge >= 0.3 is 0 Å². The van der Waals surface area contributed by atoms with E-state index >= 15 is 0 Å². The molecule has 2 aromatic rings. The van der Waals surface area contributed by atoms with Crippen LogP contribution in [0.5, 0.6) is 0 Å². The Balaban J connectivity index is 1.78. The number of nitrogens with one attached hydrogen (secondary N) is 3. The van der Waals surface area contributed by atoms with Gasteiger partial charge in [-0.15, -0.1) is 0 Å². The van der Waals surface area contributed by atoms with Crippen LogP contribution in [0.3, 0.4) is 0 Å². The zero-order valence-corrected chi connectivity index (χ0v) is 16.4. The largest absolute Gasteiger partial charge is 0.345 e. The van der Waals surface area contributed by atoms with Gasteiger partial charge in [0.25, 0.3) is 5.91 Å². The molecule has 2 aromatic carbocycles. The van der Waals surface area contributed by atoms with Crippen LogP contribution < -0.4 is 16.0 Å². The predicted octanol–water partition coefficient (Wildman–Crippen LogP) is 3.09. The van der Waals surface area contributed by atoms with E-state index in [9.17, 15) is 14.4 Å². The maximum Gasteiger partial charge on any atom is 0.253 e. The molecular formula is C19H19Cl2N3O3. The molecular weight excluding hydrogens is 389 g/mol. The van der Waals surface area contributed by atoms with Crippen molar-refractivity contribution in [2.45, 2.75) is 13.8 Å². The molecule has 3 N–H and O–H groups in total. The molecule has 0 saturated heterocycles. The summed E-state index contributed by atoms with van der Waals surface area (Å²) >= 11 is 11.7. The van der Waals surface area contributed by atoms with E-state index in [1.807, 2.05) is 26.0 Å². The number of carbonyl (C=O) groups excluding carboxylic acids is 3. The van der Waals surface area contributed by atoms with E-state index in [0.717, 1.165) is 11.1 Å². The zero-order chi connectivity index (χ0) is 20.0. The molecule has 0 aliphatic heterocycles. The van der Waals surface area contributed by atoms with Crippen LogP contribution in [0.15, 0.2) is 36.4 Å². The smallest absolute Gasteiger partial charge is 0.253 e. The topological polar surface area (TPSA) is 87.3 Å². The van der Waals surface area contributed by atoms with Gasteiger partial charge in [0.2, 0.25) is 11.8 Å². The van der Waals surface area contributed by atoms with Crippen molar-refractivity contribution in [3.8, 4) is 0 Å². The summed E-state index contributed by atoms with van der Waals surface area (Å²) in [5.74, 6) is -1.36. The molecule has 0 aliphatic carbocycles. The molecule has 27 heavy (non-hydrogen) atoms. The Labute approximate surface area is 167 Å². The van der Waals surface area contributed by atoms with Crippen LogP contribution >= 0.6 is 23.2 Å². The Hall–Kier alpha value is -2.57. The van der Waals surface area contributed by atoms with Crippen LogP contribution in [0.2, 0.25) is 10.0 Å². The van der Waals surface area contributed by atoms with Gasteiger partial charge in [0.05, 0.1) is 23.7 Å². The first-order valence-electron chi connectivity index (χ1n) is 8.13. The van der Waals surface area contributed by atoms with Gasteiger partial charge in [-0.3, -0.25) is 14.4 Å². The molecule has 0 atom stereocenters. The van der Waals surface area contributed by atoms with Crippen molar-refractivity contribution in [1.82, 2.24) is 10.6 Å². The average molecular weight is 408 g/mol. The Kier molecular flexibility index (Phi) is 7.21. The minimum Gasteiger partial charge on any atom is -0.345 e. The van der Waals surface area contributed by atoms with Crippen molar-refractivity contribution in [2.75, 3.05) is 18.4 Å². The third-order valence-corrected chi connectivity index (χ3v) is 4.24. The highest BCUT2D eigenvalue weighted by atomic mass is 35.5. The average Bonchev–Trinajstić information content (AvgIpc) is 2.60. The summed E-state index contributed by atoms with van der Waals surface area (Å²) in [6, 6.07) is 10.1. The number of benzene rings is 2. The van der Waals surface area contributed by atoms with E-state index in [1.165, 1.54) is 18.2 Å². The van der Waals surface area contributed by atoms with Crippen molar-refractivity contribution in [1.29, 1.82) is 0 Å². The van der Waals surface area contributed by atoms with Gasteiger partial charge < -0.3 is 16.0 Å². The lowest BCUT2D eigenvalue weighted by atomic mass is 10.1. The lowest BCUT2D eigenvalue weighted by molar-refractivity contribution is -0.123. The van der Waals surface area contributed by atoms with Crippen LogP contribution in [-0.4, -0.2) is 30.8 Å². The number of carbonyl (C=O) groups is 3. The maximum absolute atomic E-state index is 12.0. The van der Waals surface area contributed by atoms with E-state index in [0.29, 0.717) is 10.7 Å². The summed E-state index contributed by atoms with van der Waals surface area (Å²) in [6.07, 6.45) is 0. The monoisotopic (exact) mass is 407 g/mol. The summed E-state index contributed by atoms with van der Waals surface area (Å²) in [4.78, 5) is 35.8. The van der Waals surface area contributed by atoms with Crippen LogP contribution in [0.1, 0.15) is 21.5 Å². The molecule has 0 fully saturated rings. The Morgan fingerprint density at radius 2 is 1.59 bits per heavy atom. The van der Waals surface area contributed by atoms with Gasteiger partial charge in [-0.2, -0.15) is 0 Å². The van der Waals surface area contributed by atoms with Gasteiger partial charge in [0, 0.05) is 10.7 Å². The second-order valence-electron chi connectivity index (χ2n) is 5.95. The first-order chi connectivity index (χ1) is 12.8. The van der Waals surface area contributed by atoms with Crippen molar-refractivity contribution in [3.05, 3.63) is 63.1 Å². The molecule has 0 aliphatic rings. The SMILES string of the molecule is Cc1ccc(NC(=O)CNC(=O)CNC(=O)c2ccc(Cl)cc2Cl)c(C)c1. The quantitative estimate of drug-likeness (QED) is 0.687. The lowest BCUT2D eigenvalue weighted by Crippen LogP contribution is -2.40. The summed E-state index contributed by atoms with van der Waals surface area (Å²) in [7, 11) is 0. The van der Waals surface area contributed by atoms with Gasteiger partial charge in [0.1, 0.15) is 0 Å². The minimum absolute atomic E-state index is 0.188. The summed E-state index contributed by atoms with van der Waals surface area (Å²) in [5, 5.41) is 8.20. The number of halogens is 2. The molecule has 8 heteroatoms. The van der Waals surface area contributed by atoms with E-state index in [4.69, 9.17) is 23.2 Å². The summed E-state index contributed by atoms with van der Waals surface area (Å²) in [6.45, 7) is 3.36. The van der Waals surface area contributed by atoms with Gasteiger partial charge in [-0.25, -0.2) is 0 Å². The standard InChI is InChI=1S/C19H19Cl2N3O3/c1-11-3-6-16(12(2)7-11)24-18(26)10-22-17(25)9-23-19(27)14-5-4-13(20)8-15(14)21/h3-8H,9-10H2,1-2H3,(H,22,25)(H,23,27)(H,24,26). The van der Waals surface area contributed by atoms with Gasteiger partial charge in [0.15, 0.2) is 0 Å². The Morgan fingerprint density at radius 3 is 2.26 bits per heavy atom. The second kappa shape index (κ2) is 9.39. The normalized spacial score (nSPS) is 10.2. The van der Waals surface area contributed by atoms with Crippen molar-refractivity contribution < 1.29 is 14.4 Å². The molecule has 142 valence electrons. The number of hydrogen-bond donors (Lipinski definition) is 3. The third kappa shape index (κ3) is 6.27. The fraction of sp³-hybridized carbons (Fsp3) is 0.211. The van der Waals surface area contributed by atoms with Crippen molar-refractivity contribution >= 4 is 46.6 Å². The fourth-order valence-corrected chi connectivity index (χ4v) is 2.81. The highest BCUT2D eigenvalue weighted by Crippen LogP contribution is 2.20. The fourth-order valence-electron chi connectivity index (χ4n) is 2.32. The number of anilines is 1. The number of rotatable bonds is 6. The molecule has 2 rings (SSSR count). The molecule has 0 heterocycles. The van der Waals surface area contributed by atoms with Crippen LogP contribution in [-0.2, 0) is 9.59 Å². The van der Waals surface area contributed by atoms with Crippen LogP contribution in [0.4, 0.5) is 5.69 Å². The molecule has 6 nitrogen and oxygen atoms in total. The Bertz CT molecular complexity index is 884. The van der Waals surface area contributed by atoms with Gasteiger partial charge in [-0.05, 0) is 43.7 Å². The van der Waals surface area contributed by atoms with E-state index in [1.54, 1.807) is 6.07 Å². The molecule has 0 spiro atoms. The first kappa shape index (κ1) is 20.7. The third-order valence-electron chi connectivity index (χ3n) is 3.69. The number of amides is 3. The lowest BCUT2D eigenvalue weighted by Gasteiger charge is -2.10. The maximum atomic E-state index is 12.0. The van der Waals surface area contributed by atoms with E-state index < -0.39 is 11.8 Å². The second-order valence-corrected chi connectivity index (χ2v) is 6.79. The van der Waals surface area contributed by atoms with Gasteiger partial charge in [-0.1, -0.05) is 40.9 Å². The molecule has 0 radical (unpaired) electrons. The molecule has 0 saturated carbocycles. The molecule has 0 aromatic heterocycles.